The monoisotopic (exact) mass is 383 g/mol. The summed E-state index contributed by atoms with van der Waals surface area (Å²) in [5.41, 5.74) is 4.11. The number of anilines is 4. The van der Waals surface area contributed by atoms with Crippen LogP contribution in [0.25, 0.3) is 0 Å². The third kappa shape index (κ3) is 4.15. The fourth-order valence-corrected chi connectivity index (χ4v) is 2.94. The van der Waals surface area contributed by atoms with Gasteiger partial charge in [-0.2, -0.15) is 0 Å². The number of nitrogens with one attached hydrogen (secondary N) is 2. The van der Waals surface area contributed by atoms with Crippen molar-refractivity contribution >= 4 is 40.3 Å². The summed E-state index contributed by atoms with van der Waals surface area (Å²) in [6.45, 7) is 5.77. The van der Waals surface area contributed by atoms with Crippen LogP contribution in [0.1, 0.15) is 16.7 Å². The number of rotatable bonds is 5. The van der Waals surface area contributed by atoms with Crippen LogP contribution in [-0.4, -0.2) is 14.9 Å². The molecule has 0 bridgehead atoms. The maximum atomic E-state index is 11.7. The highest BCUT2D eigenvalue weighted by atomic mass is 35.5. The van der Waals surface area contributed by atoms with Gasteiger partial charge in [0.25, 0.3) is 0 Å². The number of benzene rings is 2. The molecule has 3 aromatic rings. The lowest BCUT2D eigenvalue weighted by Crippen LogP contribution is -2.06. The van der Waals surface area contributed by atoms with Gasteiger partial charge in [-0.15, -0.1) is 0 Å². The van der Waals surface area contributed by atoms with Gasteiger partial charge in [0, 0.05) is 16.4 Å². The number of nitrogens with zero attached hydrogens (tertiary/aromatic N) is 3. The Morgan fingerprint density at radius 3 is 2.00 bits per heavy atom. The van der Waals surface area contributed by atoms with Crippen LogP contribution >= 0.6 is 11.6 Å². The molecule has 0 aliphatic rings. The van der Waals surface area contributed by atoms with Crippen LogP contribution in [0, 0.1) is 30.9 Å². The van der Waals surface area contributed by atoms with Gasteiger partial charge in [-0.3, -0.25) is 10.1 Å². The van der Waals surface area contributed by atoms with E-state index >= 15 is 0 Å². The summed E-state index contributed by atoms with van der Waals surface area (Å²) in [5.74, 6) is 0.226. The molecule has 1 heterocycles. The van der Waals surface area contributed by atoms with Gasteiger partial charge in [-0.1, -0.05) is 29.3 Å². The fraction of sp³-hybridized carbons (Fsp3) is 0.158. The normalized spacial score (nSPS) is 10.5. The van der Waals surface area contributed by atoms with Crippen molar-refractivity contribution in [2.45, 2.75) is 20.8 Å². The molecule has 2 aromatic carbocycles. The van der Waals surface area contributed by atoms with Gasteiger partial charge < -0.3 is 10.6 Å². The van der Waals surface area contributed by atoms with Gasteiger partial charge in [-0.05, 0) is 56.2 Å². The van der Waals surface area contributed by atoms with E-state index in [0.717, 1.165) is 22.4 Å². The highest BCUT2D eigenvalue weighted by Crippen LogP contribution is 2.34. The Balaban J connectivity index is 2.01. The molecule has 0 aliphatic carbocycles. The summed E-state index contributed by atoms with van der Waals surface area (Å²) in [6.07, 6.45) is 1.28. The zero-order valence-electron chi connectivity index (χ0n) is 15.1. The summed E-state index contributed by atoms with van der Waals surface area (Å²) in [6, 6.07) is 11.0. The number of nitro groups is 1. The van der Waals surface area contributed by atoms with E-state index in [0.29, 0.717) is 10.7 Å². The van der Waals surface area contributed by atoms with Crippen LogP contribution in [0.15, 0.2) is 42.7 Å². The lowest BCUT2D eigenvalue weighted by Gasteiger charge is -2.13. The summed E-state index contributed by atoms with van der Waals surface area (Å²) >= 11 is 5.97. The van der Waals surface area contributed by atoms with Crippen LogP contribution < -0.4 is 10.6 Å². The molecule has 0 fully saturated rings. The Morgan fingerprint density at radius 2 is 1.48 bits per heavy atom. The van der Waals surface area contributed by atoms with Crippen LogP contribution in [0.5, 0.6) is 0 Å². The van der Waals surface area contributed by atoms with E-state index in [-0.39, 0.29) is 17.3 Å². The molecule has 8 heteroatoms. The van der Waals surface area contributed by atoms with Crippen LogP contribution in [-0.2, 0) is 0 Å². The van der Waals surface area contributed by atoms with Crippen molar-refractivity contribution in [2.24, 2.45) is 0 Å². The third-order valence-electron chi connectivity index (χ3n) is 4.08. The number of aryl methyl sites for hydroxylation is 3. The van der Waals surface area contributed by atoms with E-state index in [1.807, 2.05) is 39.0 Å². The summed E-state index contributed by atoms with van der Waals surface area (Å²) in [5, 5.41) is 18.4. The quantitative estimate of drug-likeness (QED) is 0.449. The van der Waals surface area contributed by atoms with Crippen LogP contribution in [0.2, 0.25) is 5.02 Å². The molecule has 1 aromatic heterocycles. The number of hydrogen-bond donors (Lipinski definition) is 2. The van der Waals surface area contributed by atoms with E-state index < -0.39 is 4.92 Å². The predicted octanol–water partition coefficient (Wildman–Crippen LogP) is 5.45. The second-order valence-electron chi connectivity index (χ2n) is 6.20. The maximum absolute atomic E-state index is 11.7. The van der Waals surface area contributed by atoms with Crippen molar-refractivity contribution in [3.8, 4) is 0 Å². The fourth-order valence-electron chi connectivity index (χ4n) is 2.71. The standard InChI is InChI=1S/C19H18ClN5O2/c1-11-4-6-15(12(2)8-11)23-18-17(25(26)27)19(22-10-21-18)24-16-7-5-14(20)9-13(16)3/h4-10H,1-3H3,(H2,21,22,23,24). The molecule has 0 aliphatic heterocycles. The minimum Gasteiger partial charge on any atom is -0.334 e. The largest absolute Gasteiger partial charge is 0.353 e. The van der Waals surface area contributed by atoms with Gasteiger partial charge >= 0.3 is 5.69 Å². The third-order valence-corrected chi connectivity index (χ3v) is 4.32. The van der Waals surface area contributed by atoms with E-state index in [2.05, 4.69) is 20.6 Å². The lowest BCUT2D eigenvalue weighted by atomic mass is 10.1. The topological polar surface area (TPSA) is 93.0 Å². The molecule has 0 radical (unpaired) electrons. The molecule has 3 rings (SSSR count). The second kappa shape index (κ2) is 7.59. The molecule has 7 nitrogen and oxygen atoms in total. The Labute approximate surface area is 161 Å². The van der Waals surface area contributed by atoms with Gasteiger partial charge in [-0.25, -0.2) is 9.97 Å². The Bertz CT molecular complexity index is 951. The molecule has 0 amide bonds. The SMILES string of the molecule is Cc1ccc(Nc2ncnc(Nc3ccc(Cl)cc3C)c2[N+](=O)[O-])c(C)c1. The average molecular weight is 384 g/mol. The molecule has 0 saturated heterocycles. The first-order valence-corrected chi connectivity index (χ1v) is 8.60. The number of aromatic nitrogens is 2. The molecular weight excluding hydrogens is 366 g/mol. The Kier molecular flexibility index (Phi) is 5.23. The lowest BCUT2D eigenvalue weighted by molar-refractivity contribution is -0.383. The van der Waals surface area contributed by atoms with Gasteiger partial charge in [0.2, 0.25) is 11.6 Å². The van der Waals surface area contributed by atoms with Gasteiger partial charge in [0.1, 0.15) is 6.33 Å². The first kappa shape index (κ1) is 18.6. The zero-order valence-corrected chi connectivity index (χ0v) is 15.8. The predicted molar refractivity (Wildman–Crippen MR) is 107 cm³/mol. The van der Waals surface area contributed by atoms with E-state index in [9.17, 15) is 10.1 Å². The number of halogens is 1. The molecule has 138 valence electrons. The zero-order chi connectivity index (χ0) is 19.6. The highest BCUT2D eigenvalue weighted by Gasteiger charge is 2.24. The summed E-state index contributed by atoms with van der Waals surface area (Å²) in [4.78, 5) is 19.4. The van der Waals surface area contributed by atoms with E-state index in [4.69, 9.17) is 11.6 Å². The first-order chi connectivity index (χ1) is 12.8. The minimum absolute atomic E-state index is 0.104. The first-order valence-electron chi connectivity index (χ1n) is 8.22. The maximum Gasteiger partial charge on any atom is 0.353 e. The van der Waals surface area contributed by atoms with Crippen molar-refractivity contribution in [3.63, 3.8) is 0 Å². The summed E-state index contributed by atoms with van der Waals surface area (Å²) < 4.78 is 0. The smallest absolute Gasteiger partial charge is 0.334 e. The average Bonchev–Trinajstić information content (AvgIpc) is 2.60. The van der Waals surface area contributed by atoms with Crippen LogP contribution in [0.3, 0.4) is 0 Å². The molecular formula is C19H18ClN5O2. The highest BCUT2D eigenvalue weighted by molar-refractivity contribution is 6.30. The second-order valence-corrected chi connectivity index (χ2v) is 6.64. The van der Waals surface area contributed by atoms with E-state index in [1.165, 1.54) is 6.33 Å². The molecule has 2 N–H and O–H groups in total. The van der Waals surface area contributed by atoms with Crippen molar-refractivity contribution < 1.29 is 4.92 Å². The Morgan fingerprint density at radius 1 is 0.926 bits per heavy atom. The molecule has 0 unspecified atom stereocenters. The van der Waals surface area contributed by atoms with E-state index in [1.54, 1.807) is 18.2 Å². The van der Waals surface area contributed by atoms with Crippen LogP contribution in [0.4, 0.5) is 28.7 Å². The van der Waals surface area contributed by atoms with Crippen molar-refractivity contribution in [1.29, 1.82) is 0 Å². The van der Waals surface area contributed by atoms with Crippen molar-refractivity contribution in [2.75, 3.05) is 10.6 Å². The molecule has 27 heavy (non-hydrogen) atoms. The summed E-state index contributed by atoms with van der Waals surface area (Å²) in [7, 11) is 0. The molecule has 0 atom stereocenters. The van der Waals surface area contributed by atoms with Crippen molar-refractivity contribution in [1.82, 2.24) is 9.97 Å². The molecule has 0 saturated carbocycles. The number of hydrogen-bond acceptors (Lipinski definition) is 6. The van der Waals surface area contributed by atoms with Gasteiger partial charge in [0.05, 0.1) is 4.92 Å². The Hall–Kier alpha value is -3.19. The van der Waals surface area contributed by atoms with Crippen molar-refractivity contribution in [3.05, 3.63) is 74.6 Å². The minimum atomic E-state index is -0.501. The molecule has 0 spiro atoms. The van der Waals surface area contributed by atoms with Gasteiger partial charge in [0.15, 0.2) is 0 Å².